The lowest BCUT2D eigenvalue weighted by Gasteiger charge is -2.14. The molecule has 35 heavy (non-hydrogen) atoms. The first kappa shape index (κ1) is 24.8. The van der Waals surface area contributed by atoms with Crippen LogP contribution in [0.2, 0.25) is 5.02 Å². The molecule has 4 aromatic rings. The molecule has 0 spiro atoms. The van der Waals surface area contributed by atoms with Gasteiger partial charge >= 0.3 is 0 Å². The highest BCUT2D eigenvalue weighted by Crippen LogP contribution is 2.30. The van der Waals surface area contributed by atoms with Crippen molar-refractivity contribution in [2.75, 3.05) is 5.32 Å². The van der Waals surface area contributed by atoms with Crippen LogP contribution in [0.3, 0.4) is 0 Å². The zero-order valence-corrected chi connectivity index (χ0v) is 21.3. The normalized spacial score (nSPS) is 11.2. The average molecular weight is 519 g/mol. The highest BCUT2D eigenvalue weighted by Gasteiger charge is 2.17. The number of thiophene rings is 1. The number of halogens is 1. The largest absolute Gasteiger partial charge is 0.320 e. The summed E-state index contributed by atoms with van der Waals surface area (Å²) < 4.78 is 0. The van der Waals surface area contributed by atoms with Crippen molar-refractivity contribution in [3.8, 4) is 0 Å². The first-order valence-electron chi connectivity index (χ1n) is 10.9. The highest BCUT2D eigenvalue weighted by molar-refractivity contribution is 7.98. The van der Waals surface area contributed by atoms with E-state index in [2.05, 4.69) is 10.6 Å². The van der Waals surface area contributed by atoms with E-state index in [0.717, 1.165) is 26.7 Å². The number of hydrogen-bond acceptors (Lipinski definition) is 4. The molecule has 1 aromatic heterocycles. The van der Waals surface area contributed by atoms with Crippen molar-refractivity contribution < 1.29 is 9.59 Å². The maximum atomic E-state index is 13.3. The Morgan fingerprint density at radius 3 is 2.40 bits per heavy atom. The van der Waals surface area contributed by atoms with E-state index < -0.39 is 5.91 Å². The van der Waals surface area contributed by atoms with E-state index in [4.69, 9.17) is 11.6 Å². The van der Waals surface area contributed by atoms with E-state index in [1.54, 1.807) is 30.0 Å². The molecule has 4 rings (SSSR count). The summed E-state index contributed by atoms with van der Waals surface area (Å²) in [6.45, 7) is 1.96. The molecule has 0 saturated heterocycles. The zero-order chi connectivity index (χ0) is 24.6. The Kier molecular flexibility index (Phi) is 8.42. The summed E-state index contributed by atoms with van der Waals surface area (Å²) in [5, 5.41) is 8.39. The van der Waals surface area contributed by atoms with Crippen LogP contribution in [0, 0.1) is 6.92 Å². The van der Waals surface area contributed by atoms with Crippen LogP contribution in [0.4, 0.5) is 5.69 Å². The number of benzene rings is 3. The number of hydrogen-bond donors (Lipinski definition) is 2. The van der Waals surface area contributed by atoms with Gasteiger partial charge in [0.15, 0.2) is 0 Å². The number of anilines is 1. The number of nitrogens with one attached hydrogen (secondary N) is 2. The van der Waals surface area contributed by atoms with Gasteiger partial charge in [-0.2, -0.15) is 0 Å². The molecule has 0 radical (unpaired) electrons. The number of para-hydroxylation sites is 1. The van der Waals surface area contributed by atoms with Crippen LogP contribution < -0.4 is 10.6 Å². The van der Waals surface area contributed by atoms with Crippen LogP contribution in [-0.2, 0) is 10.5 Å². The fourth-order valence-corrected chi connectivity index (χ4v) is 4.95. The molecule has 3 aromatic carbocycles. The monoisotopic (exact) mass is 518 g/mol. The molecule has 0 unspecified atom stereocenters. The molecule has 1 heterocycles. The summed E-state index contributed by atoms with van der Waals surface area (Å²) in [5.74, 6) is -0.00157. The van der Waals surface area contributed by atoms with Crippen molar-refractivity contribution in [2.45, 2.75) is 17.6 Å². The van der Waals surface area contributed by atoms with Crippen LogP contribution in [0.5, 0.6) is 0 Å². The summed E-state index contributed by atoms with van der Waals surface area (Å²) in [7, 11) is 0. The van der Waals surface area contributed by atoms with Gasteiger partial charge < -0.3 is 10.6 Å². The quantitative estimate of drug-likeness (QED) is 0.188. The first-order chi connectivity index (χ1) is 17.0. The highest BCUT2D eigenvalue weighted by atomic mass is 35.5. The van der Waals surface area contributed by atoms with Crippen LogP contribution in [0.15, 0.2) is 101 Å². The Hall–Kier alpha value is -3.32. The van der Waals surface area contributed by atoms with Crippen LogP contribution >= 0.6 is 34.7 Å². The second kappa shape index (κ2) is 11.9. The predicted octanol–water partition coefficient (Wildman–Crippen LogP) is 7.41. The second-order valence-electron chi connectivity index (χ2n) is 7.76. The van der Waals surface area contributed by atoms with Gasteiger partial charge in [-0.15, -0.1) is 23.1 Å². The van der Waals surface area contributed by atoms with Crippen molar-refractivity contribution in [2.24, 2.45) is 0 Å². The lowest BCUT2D eigenvalue weighted by atomic mass is 10.1. The fourth-order valence-electron chi connectivity index (χ4n) is 3.20. The second-order valence-corrected chi connectivity index (χ2v) is 10.2. The molecule has 0 atom stereocenters. The maximum Gasteiger partial charge on any atom is 0.272 e. The van der Waals surface area contributed by atoms with Crippen LogP contribution in [0.1, 0.15) is 26.4 Å². The third kappa shape index (κ3) is 7.09. The lowest BCUT2D eigenvalue weighted by molar-refractivity contribution is -0.113. The van der Waals surface area contributed by atoms with Crippen molar-refractivity contribution in [1.82, 2.24) is 5.32 Å². The number of carbonyl (C=O) groups excluding carboxylic acids is 2. The molecule has 0 fully saturated rings. The van der Waals surface area contributed by atoms with Crippen molar-refractivity contribution in [3.05, 3.63) is 123 Å². The van der Waals surface area contributed by atoms with E-state index in [-0.39, 0.29) is 11.6 Å². The van der Waals surface area contributed by atoms with Crippen molar-refractivity contribution in [1.29, 1.82) is 0 Å². The minimum Gasteiger partial charge on any atom is -0.320 e. The van der Waals surface area contributed by atoms with Gasteiger partial charge in [-0.3, -0.25) is 9.59 Å². The summed E-state index contributed by atoms with van der Waals surface area (Å²) >= 11 is 9.09. The number of amides is 2. The number of rotatable bonds is 8. The van der Waals surface area contributed by atoms with E-state index in [1.165, 1.54) is 11.3 Å². The molecule has 4 nitrogen and oxygen atoms in total. The van der Waals surface area contributed by atoms with Crippen molar-refractivity contribution in [3.63, 3.8) is 0 Å². The molecule has 0 aliphatic heterocycles. The minimum atomic E-state index is -0.390. The number of aryl methyl sites for hydroxylation is 1. The standard InChI is InChI=1S/C28H23ClN2O2S2/c1-19-8-12-21(13-9-19)27(32)31-25(17-23-5-4-16-34-23)28(33)30-24-6-2-3-7-26(24)35-18-20-10-14-22(29)15-11-20/h2-17H,18H2,1H3,(H,30,33)(H,31,32)/b25-17-. The van der Waals surface area contributed by atoms with Gasteiger partial charge in [-0.1, -0.05) is 59.6 Å². The molecule has 2 N–H and O–H groups in total. The fraction of sp³-hybridized carbons (Fsp3) is 0.0714. The average Bonchev–Trinajstić information content (AvgIpc) is 3.37. The molecular weight excluding hydrogens is 496 g/mol. The van der Waals surface area contributed by atoms with Crippen LogP contribution in [0.25, 0.3) is 6.08 Å². The van der Waals surface area contributed by atoms with Gasteiger partial charge in [0.2, 0.25) is 0 Å². The van der Waals surface area contributed by atoms with E-state index in [1.807, 2.05) is 85.1 Å². The number of carbonyl (C=O) groups is 2. The van der Waals surface area contributed by atoms with Crippen LogP contribution in [-0.4, -0.2) is 11.8 Å². The molecule has 0 saturated carbocycles. The third-order valence-corrected chi connectivity index (χ3v) is 7.30. The maximum absolute atomic E-state index is 13.3. The molecule has 7 heteroatoms. The Bertz CT molecular complexity index is 1330. The van der Waals surface area contributed by atoms with E-state index >= 15 is 0 Å². The molecule has 2 amide bonds. The Balaban J connectivity index is 1.52. The molecule has 0 aliphatic rings. The first-order valence-corrected chi connectivity index (χ1v) is 13.1. The van der Waals surface area contributed by atoms with Gasteiger partial charge in [0.1, 0.15) is 5.70 Å². The molecular formula is C28H23ClN2O2S2. The smallest absolute Gasteiger partial charge is 0.272 e. The molecule has 0 aliphatic carbocycles. The van der Waals surface area contributed by atoms with Gasteiger partial charge in [-0.05, 0) is 66.4 Å². The van der Waals surface area contributed by atoms with Gasteiger partial charge in [-0.25, -0.2) is 0 Å². The molecule has 0 bridgehead atoms. The summed E-state index contributed by atoms with van der Waals surface area (Å²) in [4.78, 5) is 28.0. The summed E-state index contributed by atoms with van der Waals surface area (Å²) in [6, 6.07) is 26.3. The topological polar surface area (TPSA) is 58.2 Å². The van der Waals surface area contributed by atoms with Gasteiger partial charge in [0.25, 0.3) is 11.8 Å². The summed E-state index contributed by atoms with van der Waals surface area (Å²) in [6.07, 6.45) is 1.69. The lowest BCUT2D eigenvalue weighted by Crippen LogP contribution is -2.30. The Morgan fingerprint density at radius 2 is 1.69 bits per heavy atom. The Labute approximate surface area is 218 Å². The van der Waals surface area contributed by atoms with Crippen molar-refractivity contribution >= 4 is 58.3 Å². The van der Waals surface area contributed by atoms with E-state index in [0.29, 0.717) is 16.3 Å². The Morgan fingerprint density at radius 1 is 0.943 bits per heavy atom. The third-order valence-electron chi connectivity index (χ3n) is 5.08. The van der Waals surface area contributed by atoms with Gasteiger partial charge in [0, 0.05) is 26.1 Å². The SMILES string of the molecule is Cc1ccc(C(=O)N/C(=C\c2cccs2)C(=O)Nc2ccccc2SCc2ccc(Cl)cc2)cc1. The predicted molar refractivity (Wildman–Crippen MR) is 147 cm³/mol. The van der Waals surface area contributed by atoms with E-state index in [9.17, 15) is 9.59 Å². The zero-order valence-electron chi connectivity index (χ0n) is 19.0. The summed E-state index contributed by atoms with van der Waals surface area (Å²) in [5.41, 5.74) is 3.53. The van der Waals surface area contributed by atoms with Gasteiger partial charge in [0.05, 0.1) is 5.69 Å². The molecule has 176 valence electrons. The minimum absolute atomic E-state index is 0.176. The number of thioether (sulfide) groups is 1.